The first-order valence-electron chi connectivity index (χ1n) is 8.66. The van der Waals surface area contributed by atoms with E-state index in [1.165, 1.54) is 11.3 Å². The van der Waals surface area contributed by atoms with Crippen LogP contribution in [-0.2, 0) is 26.8 Å². The number of anilines is 1. The lowest BCUT2D eigenvalue weighted by atomic mass is 10.1. The summed E-state index contributed by atoms with van der Waals surface area (Å²) < 4.78 is 24.7. The predicted molar refractivity (Wildman–Crippen MR) is 107 cm³/mol. The maximum atomic E-state index is 12.3. The van der Waals surface area contributed by atoms with Crippen molar-refractivity contribution in [3.8, 4) is 0 Å². The van der Waals surface area contributed by atoms with E-state index in [1.807, 2.05) is 32.0 Å². The Morgan fingerprint density at radius 3 is 2.50 bits per heavy atom. The van der Waals surface area contributed by atoms with Crippen LogP contribution in [0, 0.1) is 19.8 Å². The summed E-state index contributed by atoms with van der Waals surface area (Å²) in [7, 11) is -3.57. The van der Waals surface area contributed by atoms with Crippen LogP contribution in [0.5, 0.6) is 0 Å². The van der Waals surface area contributed by atoms with E-state index in [0.717, 1.165) is 29.0 Å². The molecule has 0 unspecified atom stereocenters. The molecule has 2 aromatic rings. The Morgan fingerprint density at radius 1 is 1.23 bits per heavy atom. The average Bonchev–Trinajstić information content (AvgIpc) is 2.95. The summed E-state index contributed by atoms with van der Waals surface area (Å²) in [5.74, 6) is -0.678. The Bertz CT molecular complexity index is 850. The summed E-state index contributed by atoms with van der Waals surface area (Å²) >= 11 is 1.48. The first kappa shape index (κ1) is 20.6. The first-order valence-corrected chi connectivity index (χ1v) is 11.4. The van der Waals surface area contributed by atoms with E-state index in [0.29, 0.717) is 17.3 Å². The fraction of sp³-hybridized carbons (Fsp3) is 0.474. The van der Waals surface area contributed by atoms with Gasteiger partial charge in [0.15, 0.2) is 9.84 Å². The van der Waals surface area contributed by atoms with Crippen LogP contribution in [0.1, 0.15) is 42.1 Å². The monoisotopic (exact) mass is 394 g/mol. The topological polar surface area (TPSA) is 76.1 Å². The van der Waals surface area contributed by atoms with Crippen molar-refractivity contribution in [2.45, 2.75) is 46.3 Å². The second kappa shape index (κ2) is 8.77. The number of nitrogens with zero attached hydrogens (tertiary/aromatic N) is 1. The molecule has 0 aliphatic carbocycles. The largest absolute Gasteiger partial charge is 0.325 e. The van der Waals surface area contributed by atoms with E-state index in [1.54, 1.807) is 5.38 Å². The lowest BCUT2D eigenvalue weighted by Crippen LogP contribution is -2.24. The number of thiazole rings is 1. The Hall–Kier alpha value is -1.73. The second-order valence-corrected chi connectivity index (χ2v) is 10.0. The summed E-state index contributed by atoms with van der Waals surface area (Å²) in [6.45, 7) is 8.05. The van der Waals surface area contributed by atoms with Gasteiger partial charge in [0.1, 0.15) is 5.75 Å². The van der Waals surface area contributed by atoms with E-state index >= 15 is 0 Å². The molecule has 0 spiro atoms. The second-order valence-electron chi connectivity index (χ2n) is 7.01. The summed E-state index contributed by atoms with van der Waals surface area (Å²) in [5, 5.41) is 5.44. The SMILES string of the molecule is Cc1cccc(C)c1NC(=O)CS(=O)(=O)Cc1csc(CCC(C)C)n1. The van der Waals surface area contributed by atoms with Gasteiger partial charge >= 0.3 is 0 Å². The van der Waals surface area contributed by atoms with Gasteiger partial charge in [-0.2, -0.15) is 0 Å². The molecule has 0 fully saturated rings. The van der Waals surface area contributed by atoms with E-state index in [9.17, 15) is 13.2 Å². The summed E-state index contributed by atoms with van der Waals surface area (Å²) in [4.78, 5) is 16.6. The van der Waals surface area contributed by atoms with Crippen molar-refractivity contribution in [1.82, 2.24) is 4.98 Å². The van der Waals surface area contributed by atoms with Crippen LogP contribution in [0.4, 0.5) is 5.69 Å². The molecule has 1 amide bonds. The number of rotatable bonds is 8. The van der Waals surface area contributed by atoms with Crippen LogP contribution in [0.3, 0.4) is 0 Å². The highest BCUT2D eigenvalue weighted by atomic mass is 32.2. The number of carbonyl (C=O) groups excluding carboxylic acids is 1. The number of amides is 1. The maximum absolute atomic E-state index is 12.3. The van der Waals surface area contributed by atoms with E-state index in [-0.39, 0.29) is 5.75 Å². The van der Waals surface area contributed by atoms with Gasteiger partial charge in [-0.05, 0) is 43.7 Å². The van der Waals surface area contributed by atoms with Gasteiger partial charge in [0, 0.05) is 11.1 Å². The molecule has 1 N–H and O–H groups in total. The van der Waals surface area contributed by atoms with Crippen molar-refractivity contribution in [1.29, 1.82) is 0 Å². The molecule has 5 nitrogen and oxygen atoms in total. The van der Waals surface area contributed by atoms with Crippen molar-refractivity contribution in [3.63, 3.8) is 0 Å². The number of nitrogens with one attached hydrogen (secondary N) is 1. The molecule has 1 aromatic carbocycles. The molecule has 0 bridgehead atoms. The molecule has 2 rings (SSSR count). The third-order valence-corrected chi connectivity index (χ3v) is 6.39. The number of sulfone groups is 1. The van der Waals surface area contributed by atoms with Crippen LogP contribution in [0.25, 0.3) is 0 Å². The Kier molecular flexibility index (Phi) is 6.94. The van der Waals surface area contributed by atoms with Crippen LogP contribution in [0.15, 0.2) is 23.6 Å². The van der Waals surface area contributed by atoms with Crippen LogP contribution in [0.2, 0.25) is 0 Å². The smallest absolute Gasteiger partial charge is 0.239 e. The van der Waals surface area contributed by atoms with Crippen molar-refractivity contribution < 1.29 is 13.2 Å². The van der Waals surface area contributed by atoms with Crippen molar-refractivity contribution >= 4 is 32.8 Å². The van der Waals surface area contributed by atoms with Crippen LogP contribution < -0.4 is 5.32 Å². The molecule has 1 heterocycles. The van der Waals surface area contributed by atoms with E-state index < -0.39 is 21.5 Å². The van der Waals surface area contributed by atoms with Gasteiger partial charge in [-0.1, -0.05) is 32.0 Å². The highest BCUT2D eigenvalue weighted by Crippen LogP contribution is 2.20. The van der Waals surface area contributed by atoms with Gasteiger partial charge in [-0.15, -0.1) is 11.3 Å². The molecule has 26 heavy (non-hydrogen) atoms. The number of hydrogen-bond donors (Lipinski definition) is 1. The van der Waals surface area contributed by atoms with Gasteiger partial charge < -0.3 is 5.32 Å². The fourth-order valence-electron chi connectivity index (χ4n) is 2.61. The number of hydrogen-bond acceptors (Lipinski definition) is 5. The van der Waals surface area contributed by atoms with Gasteiger partial charge in [0.25, 0.3) is 0 Å². The molecule has 0 saturated carbocycles. The molecule has 0 aliphatic rings. The molecule has 0 atom stereocenters. The minimum atomic E-state index is -3.57. The van der Waals surface area contributed by atoms with Crippen molar-refractivity contribution in [3.05, 3.63) is 45.4 Å². The molecule has 0 aliphatic heterocycles. The summed E-state index contributed by atoms with van der Waals surface area (Å²) in [6, 6.07) is 5.66. The third-order valence-electron chi connectivity index (χ3n) is 4.00. The number of aromatic nitrogens is 1. The molecule has 142 valence electrons. The van der Waals surface area contributed by atoms with Gasteiger partial charge in [-0.25, -0.2) is 13.4 Å². The van der Waals surface area contributed by atoms with Crippen LogP contribution in [-0.4, -0.2) is 25.1 Å². The zero-order valence-corrected chi connectivity index (χ0v) is 17.3. The lowest BCUT2D eigenvalue weighted by molar-refractivity contribution is -0.113. The minimum absolute atomic E-state index is 0.203. The Morgan fingerprint density at radius 2 is 1.88 bits per heavy atom. The molecule has 1 aromatic heterocycles. The zero-order chi connectivity index (χ0) is 19.3. The molecular weight excluding hydrogens is 368 g/mol. The van der Waals surface area contributed by atoms with Crippen molar-refractivity contribution in [2.24, 2.45) is 5.92 Å². The average molecular weight is 395 g/mol. The summed E-state index contributed by atoms with van der Waals surface area (Å²) in [6.07, 6.45) is 1.88. The van der Waals surface area contributed by atoms with E-state index in [4.69, 9.17) is 0 Å². The Labute approximate surface area is 159 Å². The number of carbonyl (C=O) groups is 1. The number of aryl methyl sites for hydroxylation is 3. The highest BCUT2D eigenvalue weighted by Gasteiger charge is 2.20. The summed E-state index contributed by atoms with van der Waals surface area (Å²) in [5.41, 5.74) is 3.01. The van der Waals surface area contributed by atoms with Crippen molar-refractivity contribution in [2.75, 3.05) is 11.1 Å². The van der Waals surface area contributed by atoms with Gasteiger partial charge in [0.05, 0.1) is 16.5 Å². The van der Waals surface area contributed by atoms with Gasteiger partial charge in [0.2, 0.25) is 5.91 Å². The number of benzene rings is 1. The normalized spacial score (nSPS) is 11.7. The first-order chi connectivity index (χ1) is 12.2. The number of para-hydroxylation sites is 1. The third kappa shape index (κ3) is 6.21. The predicted octanol–water partition coefficient (Wildman–Crippen LogP) is 3.90. The maximum Gasteiger partial charge on any atom is 0.239 e. The van der Waals surface area contributed by atoms with E-state index in [2.05, 4.69) is 24.1 Å². The minimum Gasteiger partial charge on any atom is -0.325 e. The zero-order valence-electron chi connectivity index (χ0n) is 15.7. The van der Waals surface area contributed by atoms with Crippen LogP contribution >= 0.6 is 11.3 Å². The molecule has 7 heteroatoms. The molecule has 0 radical (unpaired) electrons. The standard InChI is InChI=1S/C19H26N2O3S2/c1-13(2)8-9-18-20-16(10-25-18)11-26(23,24)12-17(22)21-19-14(3)6-5-7-15(19)4/h5-7,10,13H,8-9,11-12H2,1-4H3,(H,21,22). The lowest BCUT2D eigenvalue weighted by Gasteiger charge is -2.11. The fourth-order valence-corrected chi connectivity index (χ4v) is 4.70. The molecule has 0 saturated heterocycles. The molecular formula is C19H26N2O3S2. The Balaban J connectivity index is 1.97. The highest BCUT2D eigenvalue weighted by molar-refractivity contribution is 7.91. The van der Waals surface area contributed by atoms with Gasteiger partial charge in [-0.3, -0.25) is 4.79 Å². The quantitative estimate of drug-likeness (QED) is 0.737.